The van der Waals surface area contributed by atoms with Gasteiger partial charge in [-0.2, -0.15) is 4.98 Å². The number of piperidine rings is 1. The number of hydrogen-bond donors (Lipinski definition) is 1. The monoisotopic (exact) mass is 404 g/mol. The summed E-state index contributed by atoms with van der Waals surface area (Å²) in [5, 5.41) is 7.24. The molecular weight excluding hydrogens is 376 g/mol. The smallest absolute Gasteiger partial charge is 0.241 e. The van der Waals surface area contributed by atoms with E-state index in [0.29, 0.717) is 24.8 Å². The number of amides is 1. The van der Waals surface area contributed by atoms with E-state index in [4.69, 9.17) is 4.52 Å². The van der Waals surface area contributed by atoms with Gasteiger partial charge in [0.05, 0.1) is 12.5 Å². The van der Waals surface area contributed by atoms with Crippen LogP contribution in [0.4, 0.5) is 5.69 Å². The lowest BCUT2D eigenvalue weighted by atomic mass is 9.96. The zero-order valence-corrected chi connectivity index (χ0v) is 17.8. The second kappa shape index (κ2) is 8.79. The number of benzene rings is 2. The molecule has 2 heterocycles. The number of rotatable bonds is 5. The predicted octanol–water partition coefficient (Wildman–Crippen LogP) is 4.51. The van der Waals surface area contributed by atoms with Crippen molar-refractivity contribution in [1.29, 1.82) is 0 Å². The molecule has 1 saturated heterocycles. The van der Waals surface area contributed by atoms with Crippen molar-refractivity contribution >= 4 is 11.6 Å². The van der Waals surface area contributed by atoms with Crippen LogP contribution in [0.5, 0.6) is 0 Å². The van der Waals surface area contributed by atoms with E-state index in [9.17, 15) is 4.79 Å². The number of carbonyl (C=O) groups excluding carboxylic acids is 1. The number of aromatic nitrogens is 2. The van der Waals surface area contributed by atoms with E-state index in [1.54, 1.807) is 0 Å². The van der Waals surface area contributed by atoms with Gasteiger partial charge in [0, 0.05) is 17.8 Å². The lowest BCUT2D eigenvalue weighted by Crippen LogP contribution is -2.40. The molecule has 3 aromatic rings. The minimum Gasteiger partial charge on any atom is -0.338 e. The third kappa shape index (κ3) is 4.60. The fourth-order valence-electron chi connectivity index (χ4n) is 3.86. The minimum absolute atomic E-state index is 0.0434. The summed E-state index contributed by atoms with van der Waals surface area (Å²) in [5.41, 5.74) is 5.34. The van der Waals surface area contributed by atoms with Crippen LogP contribution in [0.25, 0.3) is 11.4 Å². The van der Waals surface area contributed by atoms with Gasteiger partial charge in [0.15, 0.2) is 0 Å². The lowest BCUT2D eigenvalue weighted by molar-refractivity contribution is -0.121. The van der Waals surface area contributed by atoms with Crippen LogP contribution in [-0.2, 0) is 11.3 Å². The maximum atomic E-state index is 12.9. The van der Waals surface area contributed by atoms with Gasteiger partial charge < -0.3 is 9.84 Å². The van der Waals surface area contributed by atoms with E-state index in [-0.39, 0.29) is 11.8 Å². The molecule has 1 fully saturated rings. The van der Waals surface area contributed by atoms with Crippen molar-refractivity contribution in [2.75, 3.05) is 18.4 Å². The Morgan fingerprint density at radius 1 is 1.17 bits per heavy atom. The van der Waals surface area contributed by atoms with Crippen molar-refractivity contribution in [1.82, 2.24) is 15.0 Å². The van der Waals surface area contributed by atoms with Gasteiger partial charge in [0.1, 0.15) is 0 Å². The maximum absolute atomic E-state index is 12.9. The first kappa shape index (κ1) is 20.3. The molecular formula is C24H28N4O2. The highest BCUT2D eigenvalue weighted by Gasteiger charge is 2.27. The summed E-state index contributed by atoms with van der Waals surface area (Å²) in [6.45, 7) is 8.33. The normalized spacial score (nSPS) is 17.1. The molecule has 0 radical (unpaired) electrons. The molecule has 6 heteroatoms. The Hall–Kier alpha value is -2.99. The van der Waals surface area contributed by atoms with E-state index >= 15 is 0 Å². The van der Waals surface area contributed by atoms with Gasteiger partial charge in [0.25, 0.3) is 0 Å². The van der Waals surface area contributed by atoms with E-state index in [0.717, 1.165) is 36.2 Å². The molecule has 0 bridgehead atoms. The maximum Gasteiger partial charge on any atom is 0.241 e. The molecule has 1 aromatic heterocycles. The zero-order valence-electron chi connectivity index (χ0n) is 17.8. The van der Waals surface area contributed by atoms with Gasteiger partial charge in [-0.25, -0.2) is 0 Å². The van der Waals surface area contributed by atoms with Gasteiger partial charge in [0.2, 0.25) is 17.6 Å². The Labute approximate surface area is 177 Å². The Morgan fingerprint density at radius 3 is 2.77 bits per heavy atom. The number of nitrogens with zero attached hydrogens (tertiary/aromatic N) is 3. The zero-order chi connectivity index (χ0) is 21.1. The van der Waals surface area contributed by atoms with Crippen molar-refractivity contribution in [3.63, 3.8) is 0 Å². The Balaban J connectivity index is 1.38. The molecule has 4 rings (SSSR count). The number of likely N-dealkylation sites (tertiary alicyclic amines) is 1. The largest absolute Gasteiger partial charge is 0.338 e. The second-order valence-electron chi connectivity index (χ2n) is 8.19. The molecule has 0 saturated carbocycles. The number of aryl methyl sites for hydroxylation is 2. The third-order valence-corrected chi connectivity index (χ3v) is 5.88. The van der Waals surface area contributed by atoms with Crippen molar-refractivity contribution in [2.24, 2.45) is 5.92 Å². The summed E-state index contributed by atoms with van der Waals surface area (Å²) in [7, 11) is 0. The van der Waals surface area contributed by atoms with Crippen molar-refractivity contribution in [3.8, 4) is 11.4 Å². The van der Waals surface area contributed by atoms with Crippen molar-refractivity contribution in [2.45, 2.75) is 40.2 Å². The molecule has 30 heavy (non-hydrogen) atoms. The predicted molar refractivity (Wildman–Crippen MR) is 117 cm³/mol. The van der Waals surface area contributed by atoms with Crippen molar-refractivity contribution in [3.05, 3.63) is 65.0 Å². The molecule has 6 nitrogen and oxygen atoms in total. The molecule has 1 N–H and O–H groups in total. The van der Waals surface area contributed by atoms with Crippen LogP contribution < -0.4 is 5.32 Å². The standard InChI is InChI=1S/C24H28N4O2/c1-16-9-11-19(12-10-16)23-26-22(30-27-23)15-28-13-5-7-20(14-28)24(29)25-21-8-4-6-17(2)18(21)3/h4,6,8-12,20H,5,7,13-15H2,1-3H3,(H,25,29). The number of hydrogen-bond acceptors (Lipinski definition) is 5. The number of anilines is 1. The SMILES string of the molecule is Cc1ccc(-c2noc(CN3CCCC(C(=O)Nc4cccc(C)c4C)C3)n2)cc1. The summed E-state index contributed by atoms with van der Waals surface area (Å²) in [5.74, 6) is 1.23. The van der Waals surface area contributed by atoms with Gasteiger partial charge in [-0.1, -0.05) is 47.1 Å². The molecule has 0 aliphatic carbocycles. The van der Waals surface area contributed by atoms with Gasteiger partial charge in [-0.15, -0.1) is 0 Å². The summed E-state index contributed by atoms with van der Waals surface area (Å²) in [6.07, 6.45) is 1.87. The molecule has 1 atom stereocenters. The van der Waals surface area contributed by atoms with Crippen LogP contribution in [0.3, 0.4) is 0 Å². The van der Waals surface area contributed by atoms with Crippen LogP contribution in [0.1, 0.15) is 35.4 Å². The fraction of sp³-hybridized carbons (Fsp3) is 0.375. The van der Waals surface area contributed by atoms with Gasteiger partial charge in [-0.3, -0.25) is 9.69 Å². The van der Waals surface area contributed by atoms with E-state index in [1.807, 2.05) is 43.3 Å². The van der Waals surface area contributed by atoms with Gasteiger partial charge in [-0.05, 0) is 57.4 Å². The first-order chi connectivity index (χ1) is 14.5. The fourth-order valence-corrected chi connectivity index (χ4v) is 3.86. The summed E-state index contributed by atoms with van der Waals surface area (Å²) >= 11 is 0. The van der Waals surface area contributed by atoms with E-state index in [1.165, 1.54) is 11.1 Å². The Bertz CT molecular complexity index is 1030. The van der Waals surface area contributed by atoms with Gasteiger partial charge >= 0.3 is 0 Å². The third-order valence-electron chi connectivity index (χ3n) is 5.88. The quantitative estimate of drug-likeness (QED) is 0.677. The topological polar surface area (TPSA) is 71.3 Å². The van der Waals surface area contributed by atoms with Crippen LogP contribution in [-0.4, -0.2) is 34.0 Å². The van der Waals surface area contributed by atoms with Crippen LogP contribution in [0, 0.1) is 26.7 Å². The number of nitrogens with one attached hydrogen (secondary N) is 1. The summed E-state index contributed by atoms with van der Waals surface area (Å²) in [6, 6.07) is 14.1. The molecule has 1 unspecified atom stereocenters. The van der Waals surface area contributed by atoms with Crippen LogP contribution in [0.2, 0.25) is 0 Å². The summed E-state index contributed by atoms with van der Waals surface area (Å²) in [4.78, 5) is 19.6. The van der Waals surface area contributed by atoms with E-state index in [2.05, 4.69) is 40.3 Å². The lowest BCUT2D eigenvalue weighted by Gasteiger charge is -2.31. The highest BCUT2D eigenvalue weighted by atomic mass is 16.5. The first-order valence-corrected chi connectivity index (χ1v) is 10.5. The van der Waals surface area contributed by atoms with Crippen LogP contribution >= 0.6 is 0 Å². The minimum atomic E-state index is -0.0434. The molecule has 2 aromatic carbocycles. The highest BCUT2D eigenvalue weighted by Crippen LogP contribution is 2.23. The number of carbonyl (C=O) groups is 1. The molecule has 156 valence electrons. The molecule has 1 aliphatic rings. The second-order valence-corrected chi connectivity index (χ2v) is 8.19. The Morgan fingerprint density at radius 2 is 1.97 bits per heavy atom. The average Bonchev–Trinajstić information content (AvgIpc) is 3.20. The summed E-state index contributed by atoms with van der Waals surface area (Å²) < 4.78 is 5.47. The van der Waals surface area contributed by atoms with Crippen molar-refractivity contribution < 1.29 is 9.32 Å². The highest BCUT2D eigenvalue weighted by molar-refractivity contribution is 5.93. The first-order valence-electron chi connectivity index (χ1n) is 10.5. The molecule has 1 aliphatic heterocycles. The Kier molecular flexibility index (Phi) is 5.95. The average molecular weight is 405 g/mol. The molecule has 1 amide bonds. The molecule has 0 spiro atoms. The van der Waals surface area contributed by atoms with Crippen LogP contribution in [0.15, 0.2) is 47.0 Å². The van der Waals surface area contributed by atoms with E-state index < -0.39 is 0 Å².